The molecule has 2 aromatic carbocycles. The van der Waals surface area contributed by atoms with E-state index in [1.54, 1.807) is 36.4 Å². The Morgan fingerprint density at radius 2 is 1.46 bits per heavy atom. The van der Waals surface area contributed by atoms with Gasteiger partial charge in [0.15, 0.2) is 25.7 Å². The molecule has 5 rings (SSSR count). The fraction of sp³-hybridized carbons (Fsp3) is 0.500. The van der Waals surface area contributed by atoms with Crippen molar-refractivity contribution in [2.24, 2.45) is 0 Å². The minimum Gasteiger partial charge on any atom is -0.414 e. The number of ketones is 2. The molecule has 2 aliphatic heterocycles. The summed E-state index contributed by atoms with van der Waals surface area (Å²) in [6.45, 7) is 15.3. The maximum atomic E-state index is 13.3. The summed E-state index contributed by atoms with van der Waals surface area (Å²) in [6, 6.07) is 12.4. The normalized spacial score (nSPS) is 27.5. The molecule has 0 N–H and O–H groups in total. The molecule has 3 aliphatic rings. The Bertz CT molecular complexity index is 1190. The van der Waals surface area contributed by atoms with Gasteiger partial charge in [-0.3, -0.25) is 9.59 Å². The maximum Gasteiger partial charge on any atom is 0.194 e. The van der Waals surface area contributed by atoms with E-state index >= 15 is 0 Å². The van der Waals surface area contributed by atoms with Gasteiger partial charge in [0, 0.05) is 22.3 Å². The molecule has 1 aliphatic carbocycles. The number of carbonyl (C=O) groups is 2. The third-order valence-corrected chi connectivity index (χ3v) is 12.3. The number of benzene rings is 2. The first-order valence-electron chi connectivity index (χ1n) is 12.3. The molecule has 0 saturated carbocycles. The highest BCUT2D eigenvalue weighted by Gasteiger charge is 2.56. The Balaban J connectivity index is 1.45. The molecule has 4 atom stereocenters. The van der Waals surface area contributed by atoms with Crippen LogP contribution in [-0.2, 0) is 18.6 Å². The van der Waals surface area contributed by atoms with Crippen LogP contribution in [0.15, 0.2) is 42.5 Å². The summed E-state index contributed by atoms with van der Waals surface area (Å²) >= 11 is 0. The van der Waals surface area contributed by atoms with Crippen LogP contribution < -0.4 is 0 Å². The van der Waals surface area contributed by atoms with Gasteiger partial charge in [0.25, 0.3) is 0 Å². The fourth-order valence-electron chi connectivity index (χ4n) is 4.89. The van der Waals surface area contributed by atoms with E-state index in [1.807, 2.05) is 19.9 Å². The average Bonchev–Trinajstić information content (AvgIpc) is 3.28. The molecule has 0 amide bonds. The molecule has 0 radical (unpaired) electrons. The van der Waals surface area contributed by atoms with E-state index in [4.69, 9.17) is 18.6 Å². The summed E-state index contributed by atoms with van der Waals surface area (Å²) in [5.74, 6) is -1.02. The van der Waals surface area contributed by atoms with Gasteiger partial charge in [0.1, 0.15) is 24.4 Å². The molecule has 2 aromatic rings. The lowest BCUT2D eigenvalue weighted by Crippen LogP contribution is -2.44. The van der Waals surface area contributed by atoms with E-state index in [2.05, 4.69) is 33.9 Å². The van der Waals surface area contributed by atoms with E-state index in [0.717, 1.165) is 5.56 Å². The lowest BCUT2D eigenvalue weighted by molar-refractivity contribution is -0.190. The van der Waals surface area contributed by atoms with E-state index < -0.39 is 20.2 Å². The second kappa shape index (κ2) is 8.18. The molecule has 0 aromatic heterocycles. The molecule has 2 saturated heterocycles. The van der Waals surface area contributed by atoms with Crippen molar-refractivity contribution in [1.82, 2.24) is 0 Å². The monoisotopic (exact) mass is 494 g/mol. The van der Waals surface area contributed by atoms with Crippen molar-refractivity contribution in [2.45, 2.75) is 83.0 Å². The van der Waals surface area contributed by atoms with E-state index in [0.29, 0.717) is 28.9 Å². The van der Waals surface area contributed by atoms with Crippen molar-refractivity contribution in [1.29, 1.82) is 0 Å². The van der Waals surface area contributed by atoms with Gasteiger partial charge < -0.3 is 18.6 Å². The Labute approximate surface area is 208 Å². The highest BCUT2D eigenvalue weighted by molar-refractivity contribution is 6.74. The number of hydrogen-bond acceptors (Lipinski definition) is 6. The summed E-state index contributed by atoms with van der Waals surface area (Å²) in [5.41, 5.74) is 2.52. The molecular weight excluding hydrogens is 460 g/mol. The topological polar surface area (TPSA) is 71.1 Å². The van der Waals surface area contributed by atoms with Gasteiger partial charge in [-0.15, -0.1) is 0 Å². The van der Waals surface area contributed by atoms with E-state index in [9.17, 15) is 9.59 Å². The predicted molar refractivity (Wildman–Crippen MR) is 134 cm³/mol. The van der Waals surface area contributed by atoms with E-state index in [1.165, 1.54) is 0 Å². The Hall–Kier alpha value is -2.16. The van der Waals surface area contributed by atoms with Crippen molar-refractivity contribution >= 4 is 19.9 Å². The highest BCUT2D eigenvalue weighted by atomic mass is 28.4. The zero-order valence-electron chi connectivity index (χ0n) is 21.5. The maximum absolute atomic E-state index is 13.3. The smallest absolute Gasteiger partial charge is 0.194 e. The van der Waals surface area contributed by atoms with Crippen LogP contribution in [0.5, 0.6) is 0 Å². The second-order valence-corrected chi connectivity index (χ2v) is 16.5. The first kappa shape index (κ1) is 24.5. The minimum absolute atomic E-state index is 0.0817. The quantitative estimate of drug-likeness (QED) is 0.450. The molecule has 2 fully saturated rings. The average molecular weight is 495 g/mol. The zero-order valence-corrected chi connectivity index (χ0v) is 22.5. The van der Waals surface area contributed by atoms with Crippen molar-refractivity contribution in [3.8, 4) is 0 Å². The SMILES string of the molecule is CC1(C)O[C@@H]2[C@H](O1)[C@@H](CO[Si](C)(C)C(C)(C)C)O[C@@H]2c1ccc2c(c1)C(=O)c1ccccc1C2=O. The van der Waals surface area contributed by atoms with Crippen LogP contribution in [0.25, 0.3) is 0 Å². The van der Waals surface area contributed by atoms with Gasteiger partial charge in [-0.2, -0.15) is 0 Å². The molecular formula is C28H34O6Si. The molecule has 7 heteroatoms. The Morgan fingerprint density at radius 1 is 0.886 bits per heavy atom. The minimum atomic E-state index is -1.98. The van der Waals surface area contributed by atoms with Crippen molar-refractivity contribution in [3.05, 3.63) is 70.3 Å². The summed E-state index contributed by atoms with van der Waals surface area (Å²) < 4.78 is 25.5. The van der Waals surface area contributed by atoms with Crippen LogP contribution in [0.1, 0.15) is 78.1 Å². The molecule has 0 bridgehead atoms. The number of rotatable bonds is 4. The summed E-state index contributed by atoms with van der Waals surface area (Å²) in [6.07, 6.45) is -1.35. The van der Waals surface area contributed by atoms with Crippen LogP contribution in [0.4, 0.5) is 0 Å². The van der Waals surface area contributed by atoms with Crippen LogP contribution in [0.2, 0.25) is 18.1 Å². The molecule has 186 valence electrons. The van der Waals surface area contributed by atoms with Gasteiger partial charge in [0.05, 0.1) is 6.61 Å². The molecule has 6 nitrogen and oxygen atoms in total. The van der Waals surface area contributed by atoms with Gasteiger partial charge in [0.2, 0.25) is 0 Å². The number of hydrogen-bond donors (Lipinski definition) is 0. The summed E-state index contributed by atoms with van der Waals surface area (Å²) in [5, 5.41) is 0.0817. The van der Waals surface area contributed by atoms with Gasteiger partial charge in [-0.25, -0.2) is 0 Å². The third-order valence-electron chi connectivity index (χ3n) is 7.84. The first-order chi connectivity index (χ1) is 16.3. The van der Waals surface area contributed by atoms with Crippen LogP contribution in [0, 0.1) is 0 Å². The first-order valence-corrected chi connectivity index (χ1v) is 15.2. The van der Waals surface area contributed by atoms with Gasteiger partial charge in [-0.1, -0.05) is 51.1 Å². The molecule has 35 heavy (non-hydrogen) atoms. The fourth-order valence-corrected chi connectivity index (χ4v) is 5.90. The van der Waals surface area contributed by atoms with Crippen molar-refractivity contribution in [3.63, 3.8) is 0 Å². The number of ether oxygens (including phenoxy) is 3. The number of carbonyl (C=O) groups excluding carboxylic acids is 2. The lowest BCUT2D eigenvalue weighted by atomic mass is 9.82. The molecule has 0 unspecified atom stereocenters. The summed E-state index contributed by atoms with van der Waals surface area (Å²) in [4.78, 5) is 26.3. The van der Waals surface area contributed by atoms with Crippen LogP contribution >= 0.6 is 0 Å². The summed E-state index contributed by atoms with van der Waals surface area (Å²) in [7, 11) is -1.98. The number of fused-ring (bicyclic) bond motifs is 3. The van der Waals surface area contributed by atoms with Gasteiger partial charge in [-0.05, 0) is 49.7 Å². The molecule has 0 spiro atoms. The standard InChI is InChI=1S/C28H34O6Si/c1-27(2,3)35(6,7)31-15-21-25-26(34-28(4,5)33-25)24(32-21)16-12-13-19-20(14-16)23(30)18-11-9-8-10-17(18)22(19)29/h8-14,21,24-26H,15H2,1-7H3/t21-,24-,25-,26+/m1/s1. The molecule has 2 heterocycles. The second-order valence-electron chi connectivity index (χ2n) is 11.7. The largest absolute Gasteiger partial charge is 0.414 e. The Kier molecular flexibility index (Phi) is 5.73. The Morgan fingerprint density at radius 3 is 2.09 bits per heavy atom. The van der Waals surface area contributed by atoms with E-state index in [-0.39, 0.29) is 34.9 Å². The van der Waals surface area contributed by atoms with Gasteiger partial charge >= 0.3 is 0 Å². The van der Waals surface area contributed by atoms with Crippen molar-refractivity contribution in [2.75, 3.05) is 6.61 Å². The lowest BCUT2D eigenvalue weighted by Gasteiger charge is -2.37. The van der Waals surface area contributed by atoms with Crippen molar-refractivity contribution < 1.29 is 28.2 Å². The predicted octanol–water partition coefficient (Wildman–Crippen LogP) is 5.44. The highest BCUT2D eigenvalue weighted by Crippen LogP contribution is 2.46. The van der Waals surface area contributed by atoms with Crippen LogP contribution in [0.3, 0.4) is 0 Å². The zero-order chi connectivity index (χ0) is 25.3. The third kappa shape index (κ3) is 4.13. The van der Waals surface area contributed by atoms with Crippen LogP contribution in [-0.4, -0.2) is 50.6 Å².